The minimum atomic E-state index is 0.636. The third-order valence-corrected chi connectivity index (χ3v) is 3.20. The molecule has 0 spiro atoms. The molecule has 0 aliphatic rings. The maximum Gasteiger partial charge on any atom is 0.160 e. The van der Waals surface area contributed by atoms with Crippen molar-refractivity contribution in [2.45, 2.75) is 13.0 Å². The van der Waals surface area contributed by atoms with Crippen LogP contribution in [0.25, 0.3) is 5.65 Å². The monoisotopic (exact) mass is 265 g/mol. The molecular weight excluding hydrogens is 249 g/mol. The summed E-state index contributed by atoms with van der Waals surface area (Å²) in [4.78, 5) is 0. The van der Waals surface area contributed by atoms with Gasteiger partial charge in [-0.3, -0.25) is 4.40 Å². The summed E-state index contributed by atoms with van der Waals surface area (Å²) in [6, 6.07) is 14.2. The molecule has 0 N–H and O–H groups in total. The quantitative estimate of drug-likeness (QED) is 0.504. The van der Waals surface area contributed by atoms with E-state index in [4.69, 9.17) is 4.74 Å². The van der Waals surface area contributed by atoms with Crippen molar-refractivity contribution < 1.29 is 4.74 Å². The van der Waals surface area contributed by atoms with Gasteiger partial charge in [0.15, 0.2) is 5.65 Å². The minimum absolute atomic E-state index is 0.636. The summed E-state index contributed by atoms with van der Waals surface area (Å²) in [6.07, 6.45) is 2.82. The predicted molar refractivity (Wildman–Crippen MR) is 81.0 cm³/mol. The second-order valence-corrected chi connectivity index (χ2v) is 4.84. The lowest BCUT2D eigenvalue weighted by Crippen LogP contribution is -2.08. The van der Waals surface area contributed by atoms with Crippen LogP contribution in [-0.4, -0.2) is 29.1 Å². The zero-order valence-electron chi connectivity index (χ0n) is 11.5. The van der Waals surface area contributed by atoms with Gasteiger partial charge in [0.1, 0.15) is 13.7 Å². The van der Waals surface area contributed by atoms with E-state index in [-0.39, 0.29) is 0 Å². The standard InChI is InChI=1S/C15H16BN3O/c16-13-6-7-14-17-18-15(19(14)10-13)8-9-20-11-12-4-2-1-3-5-12/h1-7,10H,8-9,11,16H2. The highest BCUT2D eigenvalue weighted by Crippen LogP contribution is 2.04. The third-order valence-electron chi connectivity index (χ3n) is 3.20. The van der Waals surface area contributed by atoms with Gasteiger partial charge in [-0.15, -0.1) is 10.2 Å². The molecule has 0 aliphatic heterocycles. The van der Waals surface area contributed by atoms with Crippen LogP contribution in [0.1, 0.15) is 11.4 Å². The summed E-state index contributed by atoms with van der Waals surface area (Å²) >= 11 is 0. The molecule has 20 heavy (non-hydrogen) atoms. The van der Waals surface area contributed by atoms with Crippen molar-refractivity contribution in [3.63, 3.8) is 0 Å². The van der Waals surface area contributed by atoms with Gasteiger partial charge in [-0.25, -0.2) is 0 Å². The Kier molecular flexibility index (Phi) is 3.79. The van der Waals surface area contributed by atoms with Gasteiger partial charge < -0.3 is 4.74 Å². The largest absolute Gasteiger partial charge is 0.376 e. The Labute approximate surface area is 118 Å². The summed E-state index contributed by atoms with van der Waals surface area (Å²) in [5, 5.41) is 8.37. The maximum absolute atomic E-state index is 5.69. The van der Waals surface area contributed by atoms with Crippen molar-refractivity contribution >= 4 is 19.0 Å². The number of benzene rings is 1. The first-order valence-electron chi connectivity index (χ1n) is 6.75. The molecule has 0 fully saturated rings. The van der Waals surface area contributed by atoms with Crippen molar-refractivity contribution in [2.24, 2.45) is 0 Å². The Morgan fingerprint density at radius 2 is 1.90 bits per heavy atom. The van der Waals surface area contributed by atoms with Crippen molar-refractivity contribution in [3.8, 4) is 0 Å². The van der Waals surface area contributed by atoms with E-state index in [2.05, 4.69) is 36.4 Å². The molecule has 4 nitrogen and oxygen atoms in total. The number of hydrogen-bond donors (Lipinski definition) is 0. The molecule has 0 saturated carbocycles. The topological polar surface area (TPSA) is 39.4 Å². The number of fused-ring (bicyclic) bond motifs is 1. The van der Waals surface area contributed by atoms with Crippen LogP contribution in [-0.2, 0) is 17.8 Å². The Morgan fingerprint density at radius 1 is 1.05 bits per heavy atom. The number of rotatable bonds is 5. The Balaban J connectivity index is 1.59. The van der Waals surface area contributed by atoms with Crippen molar-refractivity contribution in [3.05, 3.63) is 60.0 Å². The van der Waals surface area contributed by atoms with E-state index in [9.17, 15) is 0 Å². The molecule has 0 saturated heterocycles. The highest BCUT2D eigenvalue weighted by atomic mass is 16.5. The van der Waals surface area contributed by atoms with Gasteiger partial charge in [0.25, 0.3) is 0 Å². The van der Waals surface area contributed by atoms with Gasteiger partial charge in [-0.05, 0) is 11.6 Å². The van der Waals surface area contributed by atoms with E-state index in [0.717, 1.165) is 17.9 Å². The van der Waals surface area contributed by atoms with E-state index in [1.165, 1.54) is 11.0 Å². The lowest BCUT2D eigenvalue weighted by atomic mass is 9.99. The molecule has 5 heteroatoms. The van der Waals surface area contributed by atoms with E-state index in [1.54, 1.807) is 0 Å². The lowest BCUT2D eigenvalue weighted by Gasteiger charge is -2.04. The molecule has 2 heterocycles. The first kappa shape index (κ1) is 12.9. The van der Waals surface area contributed by atoms with E-state index >= 15 is 0 Å². The normalized spacial score (nSPS) is 11.0. The SMILES string of the molecule is Bc1ccc2nnc(CCOCc3ccccc3)n2c1. The van der Waals surface area contributed by atoms with Crippen molar-refractivity contribution in [2.75, 3.05) is 6.61 Å². The molecule has 0 radical (unpaired) electrons. The fourth-order valence-electron chi connectivity index (χ4n) is 2.14. The minimum Gasteiger partial charge on any atom is -0.376 e. The van der Waals surface area contributed by atoms with Crippen LogP contribution in [0.2, 0.25) is 0 Å². The van der Waals surface area contributed by atoms with E-state index in [0.29, 0.717) is 13.2 Å². The van der Waals surface area contributed by atoms with Gasteiger partial charge in [-0.2, -0.15) is 0 Å². The van der Waals surface area contributed by atoms with Crippen LogP contribution in [0.15, 0.2) is 48.7 Å². The number of aromatic nitrogens is 3. The Bertz CT molecular complexity index is 697. The molecule has 100 valence electrons. The molecule has 0 bridgehead atoms. The zero-order valence-corrected chi connectivity index (χ0v) is 11.5. The summed E-state index contributed by atoms with van der Waals surface area (Å²) in [7, 11) is 2.06. The highest BCUT2D eigenvalue weighted by Gasteiger charge is 2.05. The van der Waals surface area contributed by atoms with Gasteiger partial charge in [0.2, 0.25) is 0 Å². The van der Waals surface area contributed by atoms with Crippen LogP contribution in [0.4, 0.5) is 0 Å². The van der Waals surface area contributed by atoms with Crippen molar-refractivity contribution in [1.29, 1.82) is 0 Å². The summed E-state index contributed by atoms with van der Waals surface area (Å²) in [6.45, 7) is 1.28. The van der Waals surface area contributed by atoms with Gasteiger partial charge in [-0.1, -0.05) is 41.9 Å². The molecule has 1 aromatic carbocycles. The summed E-state index contributed by atoms with van der Waals surface area (Å²) < 4.78 is 7.72. The molecule has 3 aromatic rings. The second kappa shape index (κ2) is 5.88. The number of pyridine rings is 1. The molecule has 0 atom stereocenters. The Morgan fingerprint density at radius 3 is 2.75 bits per heavy atom. The fraction of sp³-hybridized carbons (Fsp3) is 0.200. The first-order chi connectivity index (χ1) is 9.83. The predicted octanol–water partition coefficient (Wildman–Crippen LogP) is 0.747. The molecule has 2 aromatic heterocycles. The summed E-state index contributed by atoms with van der Waals surface area (Å²) in [5.41, 5.74) is 3.27. The second-order valence-electron chi connectivity index (χ2n) is 4.84. The number of nitrogens with zero attached hydrogens (tertiary/aromatic N) is 3. The zero-order chi connectivity index (χ0) is 13.8. The molecular formula is C15H16BN3O. The molecule has 0 aliphatic carbocycles. The molecule has 0 unspecified atom stereocenters. The van der Waals surface area contributed by atoms with Crippen molar-refractivity contribution in [1.82, 2.24) is 14.6 Å². The van der Waals surface area contributed by atoms with Crippen LogP contribution in [0.5, 0.6) is 0 Å². The van der Waals surface area contributed by atoms with Gasteiger partial charge in [0, 0.05) is 12.6 Å². The van der Waals surface area contributed by atoms with Crippen LogP contribution >= 0.6 is 0 Å². The molecule has 3 rings (SSSR count). The van der Waals surface area contributed by atoms with Gasteiger partial charge in [0.05, 0.1) is 13.2 Å². The van der Waals surface area contributed by atoms with Crippen LogP contribution in [0.3, 0.4) is 0 Å². The fourth-order valence-corrected chi connectivity index (χ4v) is 2.14. The number of hydrogen-bond acceptors (Lipinski definition) is 3. The third kappa shape index (κ3) is 2.88. The van der Waals surface area contributed by atoms with E-state index in [1.807, 2.05) is 34.7 Å². The molecule has 0 amide bonds. The highest BCUT2D eigenvalue weighted by molar-refractivity contribution is 6.32. The average molecular weight is 265 g/mol. The Hall–Kier alpha value is -2.14. The first-order valence-corrected chi connectivity index (χ1v) is 6.75. The van der Waals surface area contributed by atoms with Crippen LogP contribution in [0, 0.1) is 0 Å². The average Bonchev–Trinajstić information content (AvgIpc) is 2.87. The smallest absolute Gasteiger partial charge is 0.160 e. The summed E-state index contributed by atoms with van der Waals surface area (Å²) in [5.74, 6) is 0.941. The maximum atomic E-state index is 5.69. The number of ether oxygens (including phenoxy) is 1. The van der Waals surface area contributed by atoms with Gasteiger partial charge >= 0.3 is 0 Å². The van der Waals surface area contributed by atoms with E-state index < -0.39 is 0 Å². The lowest BCUT2D eigenvalue weighted by molar-refractivity contribution is 0.122. The van der Waals surface area contributed by atoms with Crippen LogP contribution < -0.4 is 5.46 Å².